The third-order valence-electron chi connectivity index (χ3n) is 6.17. The van der Waals surface area contributed by atoms with Crippen molar-refractivity contribution in [3.63, 3.8) is 0 Å². The van der Waals surface area contributed by atoms with E-state index < -0.39 is 0 Å². The Balaban J connectivity index is 1.29. The van der Waals surface area contributed by atoms with Gasteiger partial charge in [-0.15, -0.1) is 0 Å². The molecule has 9 nitrogen and oxygen atoms in total. The SMILES string of the molecule is CC(C)CN1CCN(c2cc(C(=O)Nc3cc4cc(-c5cnn(C)c5)cnc4cn3)ccn2)CC1. The quantitative estimate of drug-likeness (QED) is 0.461. The van der Waals surface area contributed by atoms with Crippen LogP contribution in [-0.2, 0) is 7.05 Å². The highest BCUT2D eigenvalue weighted by Crippen LogP contribution is 2.24. The molecule has 9 heteroatoms. The van der Waals surface area contributed by atoms with Crippen molar-refractivity contribution < 1.29 is 4.79 Å². The Morgan fingerprint density at radius 2 is 1.83 bits per heavy atom. The standard InChI is InChI=1S/C26H30N8O/c1-18(2)16-33-6-8-34(9-7-33)25-12-19(4-5-27-25)26(35)31-24-11-20-10-21(13-28-23(20)15-29-24)22-14-30-32(3)17-22/h4-5,10-15,17-18H,6-9,16H2,1-3H3,(H,29,31,35). The summed E-state index contributed by atoms with van der Waals surface area (Å²) >= 11 is 0. The highest BCUT2D eigenvalue weighted by atomic mass is 16.1. The number of aromatic nitrogens is 5. The van der Waals surface area contributed by atoms with Crippen LogP contribution in [0.2, 0.25) is 0 Å². The zero-order valence-electron chi connectivity index (χ0n) is 20.3. The van der Waals surface area contributed by atoms with Crippen molar-refractivity contribution in [1.82, 2.24) is 29.6 Å². The summed E-state index contributed by atoms with van der Waals surface area (Å²) in [5, 5.41) is 8.05. The van der Waals surface area contributed by atoms with Crippen LogP contribution >= 0.6 is 0 Å². The maximum absolute atomic E-state index is 13.0. The number of carbonyl (C=O) groups excluding carboxylic acids is 1. The summed E-state index contributed by atoms with van der Waals surface area (Å²) in [6, 6.07) is 7.46. The van der Waals surface area contributed by atoms with Crippen LogP contribution in [0.5, 0.6) is 0 Å². The van der Waals surface area contributed by atoms with Crippen molar-refractivity contribution >= 4 is 28.4 Å². The smallest absolute Gasteiger partial charge is 0.257 e. The van der Waals surface area contributed by atoms with Crippen molar-refractivity contribution in [1.29, 1.82) is 0 Å². The minimum atomic E-state index is -0.213. The van der Waals surface area contributed by atoms with Gasteiger partial charge in [-0.3, -0.25) is 19.4 Å². The molecule has 0 aromatic carbocycles. The van der Waals surface area contributed by atoms with Gasteiger partial charge in [0.2, 0.25) is 0 Å². The topological polar surface area (TPSA) is 92.1 Å². The number of amides is 1. The van der Waals surface area contributed by atoms with E-state index in [2.05, 4.69) is 49.0 Å². The molecule has 5 rings (SSSR count). The molecule has 1 aliphatic rings. The van der Waals surface area contributed by atoms with E-state index in [4.69, 9.17) is 0 Å². The van der Waals surface area contributed by atoms with E-state index >= 15 is 0 Å². The van der Waals surface area contributed by atoms with Crippen molar-refractivity contribution in [3.05, 3.63) is 60.8 Å². The number of nitrogens with zero attached hydrogens (tertiary/aromatic N) is 7. The Hall–Kier alpha value is -3.85. The minimum absolute atomic E-state index is 0.213. The summed E-state index contributed by atoms with van der Waals surface area (Å²) in [6.45, 7) is 9.43. The van der Waals surface area contributed by atoms with E-state index in [9.17, 15) is 4.79 Å². The first-order valence-electron chi connectivity index (χ1n) is 11.9. The number of pyridine rings is 3. The second kappa shape index (κ2) is 9.79. The van der Waals surface area contributed by atoms with Crippen molar-refractivity contribution in [2.45, 2.75) is 13.8 Å². The fourth-order valence-corrected chi connectivity index (χ4v) is 4.42. The molecule has 1 N–H and O–H groups in total. The number of aryl methyl sites for hydroxylation is 1. The highest BCUT2D eigenvalue weighted by Gasteiger charge is 2.19. The van der Waals surface area contributed by atoms with Crippen molar-refractivity contribution in [3.8, 4) is 11.1 Å². The van der Waals surface area contributed by atoms with E-state index in [0.717, 1.165) is 60.6 Å². The average Bonchev–Trinajstić information content (AvgIpc) is 3.30. The van der Waals surface area contributed by atoms with Crippen LogP contribution in [0, 0.1) is 5.92 Å². The molecule has 5 heterocycles. The molecule has 0 unspecified atom stereocenters. The van der Waals surface area contributed by atoms with E-state index in [1.807, 2.05) is 31.4 Å². The summed E-state index contributed by atoms with van der Waals surface area (Å²) < 4.78 is 1.76. The number of rotatable bonds is 6. The third-order valence-corrected chi connectivity index (χ3v) is 6.17. The fraction of sp³-hybridized carbons (Fsp3) is 0.346. The van der Waals surface area contributed by atoms with E-state index in [1.54, 1.807) is 35.5 Å². The molecule has 0 atom stereocenters. The molecule has 180 valence electrons. The Kier molecular flexibility index (Phi) is 6.41. The van der Waals surface area contributed by atoms with Gasteiger partial charge in [0.15, 0.2) is 0 Å². The van der Waals surface area contributed by atoms with Gasteiger partial charge in [0, 0.05) is 80.4 Å². The maximum atomic E-state index is 13.0. The summed E-state index contributed by atoms with van der Waals surface area (Å²) in [4.78, 5) is 31.1. The predicted octanol–water partition coefficient (Wildman–Crippen LogP) is 3.46. The van der Waals surface area contributed by atoms with Crippen LogP contribution in [0.25, 0.3) is 22.0 Å². The van der Waals surface area contributed by atoms with Crippen LogP contribution in [-0.4, -0.2) is 68.3 Å². The molecular formula is C26H30N8O. The Morgan fingerprint density at radius 3 is 2.57 bits per heavy atom. The van der Waals surface area contributed by atoms with Gasteiger partial charge in [-0.05, 0) is 30.2 Å². The fourth-order valence-electron chi connectivity index (χ4n) is 4.42. The number of hydrogen-bond donors (Lipinski definition) is 1. The summed E-state index contributed by atoms with van der Waals surface area (Å²) in [6.07, 6.45) is 8.92. The zero-order chi connectivity index (χ0) is 24.4. The summed E-state index contributed by atoms with van der Waals surface area (Å²) in [7, 11) is 1.88. The number of hydrogen-bond acceptors (Lipinski definition) is 7. The first-order chi connectivity index (χ1) is 16.9. The van der Waals surface area contributed by atoms with Gasteiger partial charge in [0.1, 0.15) is 11.6 Å². The number of piperazine rings is 1. The lowest BCUT2D eigenvalue weighted by molar-refractivity contribution is 0.102. The van der Waals surface area contributed by atoms with Gasteiger partial charge in [0.05, 0.1) is 17.9 Å². The van der Waals surface area contributed by atoms with E-state index in [0.29, 0.717) is 17.3 Å². The average molecular weight is 471 g/mol. The summed E-state index contributed by atoms with van der Waals surface area (Å²) in [5.41, 5.74) is 3.27. The molecule has 1 aliphatic heterocycles. The highest BCUT2D eigenvalue weighted by molar-refractivity contribution is 6.04. The Bertz CT molecular complexity index is 1340. The van der Waals surface area contributed by atoms with E-state index in [-0.39, 0.29) is 5.91 Å². The maximum Gasteiger partial charge on any atom is 0.257 e. The molecule has 4 aromatic heterocycles. The predicted molar refractivity (Wildman–Crippen MR) is 137 cm³/mol. The normalized spacial score (nSPS) is 14.6. The van der Waals surface area contributed by atoms with Gasteiger partial charge >= 0.3 is 0 Å². The molecule has 1 fully saturated rings. The van der Waals surface area contributed by atoms with Gasteiger partial charge in [-0.1, -0.05) is 13.8 Å². The number of carbonyl (C=O) groups is 1. The molecule has 0 radical (unpaired) electrons. The molecule has 0 aliphatic carbocycles. The number of fused-ring (bicyclic) bond motifs is 1. The first-order valence-corrected chi connectivity index (χ1v) is 11.9. The van der Waals surface area contributed by atoms with Crippen LogP contribution in [0.15, 0.2) is 55.2 Å². The third kappa shape index (κ3) is 5.30. The van der Waals surface area contributed by atoms with E-state index in [1.165, 1.54) is 0 Å². The van der Waals surface area contributed by atoms with Crippen LogP contribution in [0.3, 0.4) is 0 Å². The second-order valence-electron chi connectivity index (χ2n) is 9.43. The second-order valence-corrected chi connectivity index (χ2v) is 9.43. The van der Waals surface area contributed by atoms with Crippen molar-refractivity contribution in [2.24, 2.45) is 13.0 Å². The monoisotopic (exact) mass is 470 g/mol. The lowest BCUT2D eigenvalue weighted by Gasteiger charge is -2.36. The lowest BCUT2D eigenvalue weighted by Crippen LogP contribution is -2.47. The molecule has 0 bridgehead atoms. The molecule has 1 amide bonds. The first kappa shape index (κ1) is 22.9. The molecule has 0 spiro atoms. The van der Waals surface area contributed by atoms with Crippen molar-refractivity contribution in [2.75, 3.05) is 42.9 Å². The molecule has 4 aromatic rings. The van der Waals surface area contributed by atoms with Crippen LogP contribution in [0.4, 0.5) is 11.6 Å². The van der Waals surface area contributed by atoms with Crippen LogP contribution < -0.4 is 10.2 Å². The number of anilines is 2. The largest absolute Gasteiger partial charge is 0.354 e. The Labute approximate surface area is 204 Å². The molecule has 35 heavy (non-hydrogen) atoms. The number of nitrogens with one attached hydrogen (secondary N) is 1. The molecular weight excluding hydrogens is 440 g/mol. The zero-order valence-corrected chi connectivity index (χ0v) is 20.3. The summed E-state index contributed by atoms with van der Waals surface area (Å²) in [5.74, 6) is 1.76. The Morgan fingerprint density at radius 1 is 1.00 bits per heavy atom. The van der Waals surface area contributed by atoms with Gasteiger partial charge in [0.25, 0.3) is 5.91 Å². The molecule has 0 saturated carbocycles. The van der Waals surface area contributed by atoms with Gasteiger partial charge in [-0.25, -0.2) is 9.97 Å². The minimum Gasteiger partial charge on any atom is -0.354 e. The lowest BCUT2D eigenvalue weighted by atomic mass is 10.1. The van der Waals surface area contributed by atoms with Crippen LogP contribution in [0.1, 0.15) is 24.2 Å². The van der Waals surface area contributed by atoms with Gasteiger partial charge < -0.3 is 10.2 Å². The van der Waals surface area contributed by atoms with Gasteiger partial charge in [-0.2, -0.15) is 5.10 Å². The molecule has 1 saturated heterocycles.